The molecule has 0 saturated heterocycles. The summed E-state index contributed by atoms with van der Waals surface area (Å²) < 4.78 is 2.13. The Bertz CT molecular complexity index is 337. The Hall–Kier alpha value is -0.830. The maximum absolute atomic E-state index is 4.02. The van der Waals surface area contributed by atoms with Crippen molar-refractivity contribution in [3.63, 3.8) is 0 Å². The summed E-state index contributed by atoms with van der Waals surface area (Å²) in [5, 5.41) is 3.72. The normalized spacial score (nSPS) is 19.9. The first-order chi connectivity index (χ1) is 8.59. The lowest BCUT2D eigenvalue weighted by Crippen LogP contribution is -2.44. The van der Waals surface area contributed by atoms with Crippen molar-refractivity contribution >= 4 is 0 Å². The topological polar surface area (TPSA) is 29.9 Å². The van der Waals surface area contributed by atoms with Crippen LogP contribution in [0, 0.1) is 12.1 Å². The number of nitrogens with zero attached hydrogens (tertiary/aromatic N) is 2. The lowest BCUT2D eigenvalue weighted by molar-refractivity contribution is 0.247. The van der Waals surface area contributed by atoms with Crippen LogP contribution in [0.2, 0.25) is 0 Å². The van der Waals surface area contributed by atoms with E-state index >= 15 is 0 Å². The third-order valence-electron chi connectivity index (χ3n) is 4.37. The smallest absolute Gasteiger partial charge is 0.108 e. The van der Waals surface area contributed by atoms with Crippen molar-refractivity contribution in [2.24, 2.45) is 5.92 Å². The van der Waals surface area contributed by atoms with Crippen molar-refractivity contribution < 1.29 is 0 Å². The van der Waals surface area contributed by atoms with E-state index in [2.05, 4.69) is 41.8 Å². The standard InChI is InChI=1S/C15H26N3/c1-13(14-7-5-4-6-8-14)17-11-15(2,3)18-10-9-16-12-18/h10,12-14,17H,4-8,11H2,1-3H3/t13-/m1/s1. The van der Waals surface area contributed by atoms with Gasteiger partial charge in [0.05, 0.1) is 11.9 Å². The maximum atomic E-state index is 4.02. The van der Waals surface area contributed by atoms with Crippen LogP contribution in [0.25, 0.3) is 0 Å². The summed E-state index contributed by atoms with van der Waals surface area (Å²) in [5.41, 5.74) is 0.0654. The molecule has 0 aromatic carbocycles. The quantitative estimate of drug-likeness (QED) is 0.868. The van der Waals surface area contributed by atoms with Crippen molar-refractivity contribution in [2.45, 2.75) is 64.5 Å². The van der Waals surface area contributed by atoms with Gasteiger partial charge in [0.1, 0.15) is 6.20 Å². The highest BCUT2D eigenvalue weighted by atomic mass is 15.1. The molecule has 1 N–H and O–H groups in total. The lowest BCUT2D eigenvalue weighted by atomic mass is 9.84. The Labute approximate surface area is 111 Å². The molecule has 3 heteroatoms. The summed E-state index contributed by atoms with van der Waals surface area (Å²) in [6.45, 7) is 7.80. The number of rotatable bonds is 5. The Morgan fingerprint density at radius 3 is 2.72 bits per heavy atom. The second-order valence-corrected chi connectivity index (χ2v) is 6.29. The second-order valence-electron chi connectivity index (χ2n) is 6.29. The van der Waals surface area contributed by atoms with E-state index in [1.54, 1.807) is 0 Å². The van der Waals surface area contributed by atoms with E-state index in [1.807, 2.05) is 12.5 Å². The fraction of sp³-hybridized carbons (Fsp3) is 0.800. The van der Waals surface area contributed by atoms with Crippen LogP contribution in [0.5, 0.6) is 0 Å². The number of hydrogen-bond acceptors (Lipinski definition) is 2. The third kappa shape index (κ3) is 3.35. The van der Waals surface area contributed by atoms with Crippen LogP contribution in [0.4, 0.5) is 0 Å². The molecule has 101 valence electrons. The van der Waals surface area contributed by atoms with Crippen LogP contribution < -0.4 is 5.32 Å². The molecule has 3 nitrogen and oxygen atoms in total. The predicted molar refractivity (Wildman–Crippen MR) is 74.4 cm³/mol. The zero-order chi connectivity index (χ0) is 13.0. The Morgan fingerprint density at radius 1 is 1.39 bits per heavy atom. The first kappa shape index (κ1) is 13.6. The summed E-state index contributed by atoms with van der Waals surface area (Å²) in [4.78, 5) is 4.02. The molecule has 1 aliphatic rings. The van der Waals surface area contributed by atoms with E-state index < -0.39 is 0 Å². The van der Waals surface area contributed by atoms with E-state index in [-0.39, 0.29) is 5.54 Å². The first-order valence-electron chi connectivity index (χ1n) is 7.23. The molecule has 18 heavy (non-hydrogen) atoms. The highest BCUT2D eigenvalue weighted by Crippen LogP contribution is 2.26. The molecule has 0 bridgehead atoms. The number of nitrogens with one attached hydrogen (secondary N) is 1. The summed E-state index contributed by atoms with van der Waals surface area (Å²) in [5.74, 6) is 0.865. The SMILES string of the molecule is C[C@@H](NCC(C)(C)n1c[c]nc1)C1CCCCC1. The van der Waals surface area contributed by atoms with Gasteiger partial charge in [-0.05, 0) is 39.5 Å². The van der Waals surface area contributed by atoms with Gasteiger partial charge >= 0.3 is 0 Å². The van der Waals surface area contributed by atoms with Gasteiger partial charge in [-0.25, -0.2) is 4.98 Å². The Kier molecular flexibility index (Phi) is 4.44. The molecule has 1 atom stereocenters. The van der Waals surface area contributed by atoms with Crippen LogP contribution in [-0.4, -0.2) is 22.1 Å². The Balaban J connectivity index is 1.83. The number of imidazole rings is 1. The van der Waals surface area contributed by atoms with Gasteiger partial charge in [0.2, 0.25) is 0 Å². The minimum Gasteiger partial charge on any atom is -0.330 e. The van der Waals surface area contributed by atoms with Crippen molar-refractivity contribution in [2.75, 3.05) is 6.54 Å². The van der Waals surface area contributed by atoms with Gasteiger partial charge in [0.15, 0.2) is 0 Å². The molecule has 0 spiro atoms. The van der Waals surface area contributed by atoms with Gasteiger partial charge in [-0.15, -0.1) is 0 Å². The predicted octanol–water partition coefficient (Wildman–Crippen LogP) is 2.98. The number of hydrogen-bond donors (Lipinski definition) is 1. The average molecular weight is 248 g/mol. The van der Waals surface area contributed by atoms with E-state index in [1.165, 1.54) is 32.1 Å². The fourth-order valence-corrected chi connectivity index (χ4v) is 2.86. The molecule has 1 aromatic rings. The molecule has 0 unspecified atom stereocenters. The molecular formula is C15H26N3. The monoisotopic (exact) mass is 248 g/mol. The summed E-state index contributed by atoms with van der Waals surface area (Å²) >= 11 is 0. The van der Waals surface area contributed by atoms with E-state index in [0.717, 1.165) is 12.5 Å². The Morgan fingerprint density at radius 2 is 2.11 bits per heavy atom. The lowest BCUT2D eigenvalue weighted by Gasteiger charge is -2.33. The minimum absolute atomic E-state index is 0.0654. The molecule has 1 heterocycles. The van der Waals surface area contributed by atoms with Crippen molar-refractivity contribution in [3.8, 4) is 0 Å². The van der Waals surface area contributed by atoms with Crippen LogP contribution >= 0.6 is 0 Å². The molecular weight excluding hydrogens is 222 g/mol. The fourth-order valence-electron chi connectivity index (χ4n) is 2.86. The van der Waals surface area contributed by atoms with Crippen LogP contribution in [0.3, 0.4) is 0 Å². The number of aromatic nitrogens is 2. The highest BCUT2D eigenvalue weighted by Gasteiger charge is 2.24. The van der Waals surface area contributed by atoms with Gasteiger partial charge < -0.3 is 9.88 Å². The molecule has 1 fully saturated rings. The van der Waals surface area contributed by atoms with Gasteiger partial charge in [-0.3, -0.25) is 0 Å². The molecule has 1 aliphatic carbocycles. The highest BCUT2D eigenvalue weighted by molar-refractivity contribution is 4.88. The van der Waals surface area contributed by atoms with Crippen molar-refractivity contribution in [1.29, 1.82) is 0 Å². The zero-order valence-corrected chi connectivity index (χ0v) is 11.9. The van der Waals surface area contributed by atoms with Gasteiger partial charge in [0, 0.05) is 18.8 Å². The van der Waals surface area contributed by atoms with E-state index in [9.17, 15) is 0 Å². The van der Waals surface area contributed by atoms with Crippen LogP contribution in [0.1, 0.15) is 52.9 Å². The molecule has 2 rings (SSSR count). The minimum atomic E-state index is 0.0654. The van der Waals surface area contributed by atoms with Gasteiger partial charge in [-0.1, -0.05) is 19.3 Å². The molecule has 1 saturated carbocycles. The zero-order valence-electron chi connectivity index (χ0n) is 11.9. The van der Waals surface area contributed by atoms with Crippen LogP contribution in [0.15, 0.2) is 12.5 Å². The summed E-state index contributed by atoms with van der Waals surface area (Å²) in [6.07, 6.45) is 13.7. The van der Waals surface area contributed by atoms with Gasteiger partial charge in [-0.2, -0.15) is 0 Å². The van der Waals surface area contributed by atoms with Gasteiger partial charge in [0.25, 0.3) is 0 Å². The average Bonchev–Trinajstić information content (AvgIpc) is 2.92. The first-order valence-corrected chi connectivity index (χ1v) is 7.23. The second kappa shape index (κ2) is 5.87. The van der Waals surface area contributed by atoms with E-state index in [0.29, 0.717) is 6.04 Å². The van der Waals surface area contributed by atoms with E-state index in [4.69, 9.17) is 0 Å². The van der Waals surface area contributed by atoms with Crippen LogP contribution in [-0.2, 0) is 5.54 Å². The molecule has 1 aromatic heterocycles. The van der Waals surface area contributed by atoms with Crippen molar-refractivity contribution in [3.05, 3.63) is 18.7 Å². The molecule has 1 radical (unpaired) electrons. The molecule has 0 amide bonds. The maximum Gasteiger partial charge on any atom is 0.108 e. The third-order valence-corrected chi connectivity index (χ3v) is 4.37. The largest absolute Gasteiger partial charge is 0.330 e. The summed E-state index contributed by atoms with van der Waals surface area (Å²) in [6, 6.07) is 0.622. The molecule has 0 aliphatic heterocycles. The van der Waals surface area contributed by atoms with Crippen molar-refractivity contribution in [1.82, 2.24) is 14.9 Å². The summed E-state index contributed by atoms with van der Waals surface area (Å²) in [7, 11) is 0.